The first-order valence-electron chi connectivity index (χ1n) is 7.07. The van der Waals surface area contributed by atoms with Crippen LogP contribution in [0, 0.1) is 0 Å². The van der Waals surface area contributed by atoms with Gasteiger partial charge >= 0.3 is 0 Å². The fourth-order valence-corrected chi connectivity index (χ4v) is 2.59. The Morgan fingerprint density at radius 1 is 0.955 bits per heavy atom. The van der Waals surface area contributed by atoms with Gasteiger partial charge in [0, 0.05) is 11.6 Å². The third kappa shape index (κ3) is 2.65. The minimum absolute atomic E-state index is 0.461. The van der Waals surface area contributed by atoms with Crippen LogP contribution in [0.1, 0.15) is 17.2 Å². The number of rotatable bonds is 4. The molecule has 114 valence electrons. The van der Waals surface area contributed by atoms with Crippen molar-refractivity contribution in [2.45, 2.75) is 12.2 Å². The molecule has 2 aromatic carbocycles. The Bertz CT molecular complexity index is 679. The molecule has 0 fully saturated rings. The maximum Gasteiger partial charge on any atom is 0.147 e. The van der Waals surface area contributed by atoms with Crippen molar-refractivity contribution in [2.75, 3.05) is 14.2 Å². The number of ether oxygens (including phenoxy) is 3. The first-order valence-corrected chi connectivity index (χ1v) is 7.07. The van der Waals surface area contributed by atoms with Gasteiger partial charge in [-0.25, -0.2) is 0 Å². The Morgan fingerprint density at radius 3 is 2.41 bits per heavy atom. The fourth-order valence-electron chi connectivity index (χ4n) is 2.59. The lowest BCUT2D eigenvalue weighted by molar-refractivity contribution is 0.0604. The number of aliphatic hydroxyl groups is 1. The molecule has 0 saturated carbocycles. The van der Waals surface area contributed by atoms with Crippen LogP contribution in [0.15, 0.2) is 48.5 Å². The van der Waals surface area contributed by atoms with Crippen molar-refractivity contribution >= 4 is 6.08 Å². The molecule has 22 heavy (non-hydrogen) atoms. The van der Waals surface area contributed by atoms with E-state index in [4.69, 9.17) is 14.2 Å². The largest absolute Gasteiger partial charge is 0.497 e. The van der Waals surface area contributed by atoms with Crippen LogP contribution in [-0.2, 0) is 0 Å². The average molecular weight is 298 g/mol. The zero-order valence-electron chi connectivity index (χ0n) is 12.5. The van der Waals surface area contributed by atoms with Gasteiger partial charge in [0.25, 0.3) is 0 Å². The van der Waals surface area contributed by atoms with Crippen LogP contribution in [0.25, 0.3) is 6.08 Å². The van der Waals surface area contributed by atoms with E-state index in [1.54, 1.807) is 20.3 Å². The van der Waals surface area contributed by atoms with E-state index in [0.717, 1.165) is 5.56 Å². The lowest BCUT2D eigenvalue weighted by Crippen LogP contribution is -2.26. The maximum absolute atomic E-state index is 10.7. The summed E-state index contributed by atoms with van der Waals surface area (Å²) in [6, 6.07) is 13.1. The third-order valence-electron chi connectivity index (χ3n) is 3.69. The van der Waals surface area contributed by atoms with Gasteiger partial charge in [-0.15, -0.1) is 0 Å². The number of benzene rings is 2. The summed E-state index contributed by atoms with van der Waals surface area (Å²) in [4.78, 5) is 0. The maximum atomic E-state index is 10.7. The fraction of sp³-hybridized carbons (Fsp3) is 0.222. The van der Waals surface area contributed by atoms with E-state index in [9.17, 15) is 5.11 Å². The first kappa shape index (κ1) is 14.5. The standard InChI is InChI=1S/C18H18O4/c1-20-14-10-12-8-9-15(22-13-6-4-3-5-7-13)18(19)17(12)16(11-14)21-2/h3-11,15,18-19H,1-2H3/t15-,18+/m0/s1. The molecule has 1 aliphatic carbocycles. The van der Waals surface area contributed by atoms with E-state index in [1.807, 2.05) is 48.6 Å². The summed E-state index contributed by atoms with van der Waals surface area (Å²) in [7, 11) is 3.18. The summed E-state index contributed by atoms with van der Waals surface area (Å²) >= 11 is 0. The summed E-state index contributed by atoms with van der Waals surface area (Å²) in [5, 5.41) is 10.7. The average Bonchev–Trinajstić information content (AvgIpc) is 2.57. The normalized spacial score (nSPS) is 19.4. The van der Waals surface area contributed by atoms with Crippen LogP contribution in [0.3, 0.4) is 0 Å². The van der Waals surface area contributed by atoms with Gasteiger partial charge in [0.1, 0.15) is 29.5 Å². The first-order chi connectivity index (χ1) is 10.7. The van der Waals surface area contributed by atoms with Crippen LogP contribution in [-0.4, -0.2) is 25.4 Å². The molecule has 0 saturated heterocycles. The molecule has 0 amide bonds. The van der Waals surface area contributed by atoms with Crippen molar-refractivity contribution in [3.63, 3.8) is 0 Å². The molecule has 0 spiro atoms. The van der Waals surface area contributed by atoms with Crippen molar-refractivity contribution in [2.24, 2.45) is 0 Å². The van der Waals surface area contributed by atoms with Gasteiger partial charge in [0.05, 0.1) is 14.2 Å². The summed E-state index contributed by atoms with van der Waals surface area (Å²) in [5.74, 6) is 2.00. The molecule has 4 heteroatoms. The molecular weight excluding hydrogens is 280 g/mol. The van der Waals surface area contributed by atoms with Crippen LogP contribution < -0.4 is 14.2 Å². The highest BCUT2D eigenvalue weighted by molar-refractivity contribution is 5.65. The minimum atomic E-state index is -0.805. The smallest absolute Gasteiger partial charge is 0.147 e. The molecule has 2 atom stereocenters. The summed E-state index contributed by atoms with van der Waals surface area (Å²) < 4.78 is 16.5. The van der Waals surface area contributed by atoms with Crippen molar-refractivity contribution in [1.82, 2.24) is 0 Å². The molecule has 0 unspecified atom stereocenters. The number of hydrogen-bond donors (Lipinski definition) is 1. The Kier molecular flexibility index (Phi) is 4.02. The number of aliphatic hydroxyl groups excluding tert-OH is 1. The lowest BCUT2D eigenvalue weighted by Gasteiger charge is -2.28. The zero-order valence-corrected chi connectivity index (χ0v) is 12.5. The molecule has 0 aromatic heterocycles. The van der Waals surface area contributed by atoms with Gasteiger partial charge in [0.15, 0.2) is 0 Å². The molecule has 2 aromatic rings. The van der Waals surface area contributed by atoms with E-state index >= 15 is 0 Å². The van der Waals surface area contributed by atoms with E-state index in [2.05, 4.69) is 0 Å². The van der Waals surface area contributed by atoms with Gasteiger partial charge in [-0.3, -0.25) is 0 Å². The second-order valence-corrected chi connectivity index (χ2v) is 5.03. The topological polar surface area (TPSA) is 47.9 Å². The Labute approximate surface area is 129 Å². The second-order valence-electron chi connectivity index (χ2n) is 5.03. The third-order valence-corrected chi connectivity index (χ3v) is 3.69. The molecule has 0 heterocycles. The highest BCUT2D eigenvalue weighted by Gasteiger charge is 2.29. The van der Waals surface area contributed by atoms with E-state index in [-0.39, 0.29) is 0 Å². The van der Waals surface area contributed by atoms with Crippen LogP contribution in [0.4, 0.5) is 0 Å². The Morgan fingerprint density at radius 2 is 1.73 bits per heavy atom. The number of methoxy groups -OCH3 is 2. The van der Waals surface area contributed by atoms with E-state index in [0.29, 0.717) is 22.8 Å². The Balaban J connectivity index is 1.94. The molecule has 0 radical (unpaired) electrons. The molecule has 3 rings (SSSR count). The van der Waals surface area contributed by atoms with Crippen LogP contribution in [0.2, 0.25) is 0 Å². The highest BCUT2D eigenvalue weighted by Crippen LogP contribution is 2.39. The van der Waals surface area contributed by atoms with Gasteiger partial charge in [0.2, 0.25) is 0 Å². The molecule has 4 nitrogen and oxygen atoms in total. The highest BCUT2D eigenvalue weighted by atomic mass is 16.5. The monoisotopic (exact) mass is 298 g/mol. The molecule has 0 bridgehead atoms. The summed E-state index contributed by atoms with van der Waals surface area (Å²) in [6.07, 6.45) is 2.50. The Hall–Kier alpha value is -2.46. The number of para-hydroxylation sites is 1. The van der Waals surface area contributed by atoms with E-state index < -0.39 is 12.2 Å². The lowest BCUT2D eigenvalue weighted by atomic mass is 9.91. The van der Waals surface area contributed by atoms with Gasteiger partial charge in [-0.1, -0.05) is 24.3 Å². The predicted octanol–water partition coefficient (Wildman–Crippen LogP) is 3.21. The molecular formula is C18H18O4. The second kappa shape index (κ2) is 6.12. The molecule has 0 aliphatic heterocycles. The van der Waals surface area contributed by atoms with Gasteiger partial charge in [-0.2, -0.15) is 0 Å². The summed E-state index contributed by atoms with van der Waals surface area (Å²) in [6.45, 7) is 0. The molecule has 1 aliphatic rings. The van der Waals surface area contributed by atoms with Crippen LogP contribution in [0.5, 0.6) is 17.2 Å². The van der Waals surface area contributed by atoms with Gasteiger partial charge in [-0.05, 0) is 29.8 Å². The SMILES string of the molecule is COc1cc2c(c(OC)c1)[C@H](O)[C@@H](Oc1ccccc1)C=C2. The van der Waals surface area contributed by atoms with E-state index in [1.165, 1.54) is 0 Å². The number of hydrogen-bond acceptors (Lipinski definition) is 4. The summed E-state index contributed by atoms with van der Waals surface area (Å²) in [5.41, 5.74) is 1.59. The van der Waals surface area contributed by atoms with Gasteiger partial charge < -0.3 is 19.3 Å². The quantitative estimate of drug-likeness (QED) is 0.941. The predicted molar refractivity (Wildman–Crippen MR) is 84.4 cm³/mol. The van der Waals surface area contributed by atoms with Crippen LogP contribution >= 0.6 is 0 Å². The minimum Gasteiger partial charge on any atom is -0.497 e. The van der Waals surface area contributed by atoms with Crippen molar-refractivity contribution in [3.8, 4) is 17.2 Å². The zero-order chi connectivity index (χ0) is 15.5. The van der Waals surface area contributed by atoms with Crippen molar-refractivity contribution in [1.29, 1.82) is 0 Å². The number of fused-ring (bicyclic) bond motifs is 1. The van der Waals surface area contributed by atoms with Crippen molar-refractivity contribution in [3.05, 3.63) is 59.7 Å². The van der Waals surface area contributed by atoms with Crippen molar-refractivity contribution < 1.29 is 19.3 Å². The molecule has 1 N–H and O–H groups in total.